The molecule has 4 atom stereocenters. The zero-order valence-corrected chi connectivity index (χ0v) is 15.0. The molecular weight excluding hydrogens is 358 g/mol. The topological polar surface area (TPSA) is 169 Å². The lowest BCUT2D eigenvalue weighted by molar-refractivity contribution is -0.0528. The van der Waals surface area contributed by atoms with Crippen molar-refractivity contribution in [3.05, 3.63) is 20.8 Å². The summed E-state index contributed by atoms with van der Waals surface area (Å²) in [4.78, 5) is 31.8. The van der Waals surface area contributed by atoms with Crippen LogP contribution in [0.15, 0.2) is 9.59 Å². The highest BCUT2D eigenvalue weighted by atomic mass is 16.6. The molecule has 1 aliphatic rings. The summed E-state index contributed by atoms with van der Waals surface area (Å²) in [5.74, 6) is -0.184. The van der Waals surface area contributed by atoms with Crippen molar-refractivity contribution in [1.29, 1.82) is 0 Å². The molecule has 3 rings (SSSR count). The second-order valence-corrected chi connectivity index (χ2v) is 6.72. The largest absolute Gasteiger partial charge is 0.394 e. The third kappa shape index (κ3) is 3.38. The van der Waals surface area contributed by atoms with Gasteiger partial charge in [-0.1, -0.05) is 26.2 Å². The van der Waals surface area contributed by atoms with E-state index in [4.69, 9.17) is 10.5 Å². The number of imidazole rings is 1. The zero-order valence-electron chi connectivity index (χ0n) is 15.0. The maximum absolute atomic E-state index is 13.0. The molecule has 2 aromatic rings. The van der Waals surface area contributed by atoms with Gasteiger partial charge in [-0.3, -0.25) is 14.3 Å². The van der Waals surface area contributed by atoms with Crippen molar-refractivity contribution in [1.82, 2.24) is 19.1 Å². The van der Waals surface area contributed by atoms with Crippen LogP contribution < -0.4 is 17.0 Å². The maximum Gasteiger partial charge on any atom is 0.332 e. The molecular formula is C16H25N5O6. The molecule has 0 saturated carbocycles. The fourth-order valence-electron chi connectivity index (χ4n) is 3.43. The van der Waals surface area contributed by atoms with Crippen molar-refractivity contribution < 1.29 is 20.1 Å². The third-order valence-electron chi connectivity index (χ3n) is 4.84. The average Bonchev–Trinajstić information content (AvgIpc) is 3.06. The number of nitrogens with one attached hydrogen (secondary N) is 1. The first-order chi connectivity index (χ1) is 12.9. The first-order valence-corrected chi connectivity index (χ1v) is 9.03. The molecule has 1 saturated heterocycles. The number of aryl methyl sites for hydroxylation is 1. The van der Waals surface area contributed by atoms with Crippen molar-refractivity contribution in [2.24, 2.45) is 0 Å². The molecule has 2 aromatic heterocycles. The van der Waals surface area contributed by atoms with Crippen LogP contribution in [0.1, 0.15) is 38.8 Å². The Balaban J connectivity index is 2.11. The number of anilines is 1. The van der Waals surface area contributed by atoms with Crippen LogP contribution in [-0.2, 0) is 11.3 Å². The smallest absolute Gasteiger partial charge is 0.332 e. The molecule has 11 nitrogen and oxygen atoms in total. The van der Waals surface area contributed by atoms with Crippen LogP contribution in [0.5, 0.6) is 0 Å². The van der Waals surface area contributed by atoms with E-state index in [9.17, 15) is 24.9 Å². The van der Waals surface area contributed by atoms with Gasteiger partial charge in [-0.25, -0.2) is 9.36 Å². The number of aliphatic hydroxyl groups excluding tert-OH is 3. The number of aromatic amines is 1. The Bertz CT molecular complexity index is 918. The quantitative estimate of drug-likeness (QED) is 0.366. The minimum absolute atomic E-state index is 0.0310. The molecule has 2 unspecified atom stereocenters. The molecule has 0 aromatic carbocycles. The standard InChI is InChI=1S/C16H25N5O6/c1-2-3-4-5-6-20-9-12(18-15(17)19-13(9)25)21(16(20)26)14-11(24)10(23)8(7-22)27-14/h8,10-11,14,22-24H,2-7H2,1H3,(H3,17,18,19,25)/t8?,10-,11-,14?/m1/s1. The Labute approximate surface area is 154 Å². The van der Waals surface area contributed by atoms with E-state index in [-0.39, 0.29) is 17.1 Å². The summed E-state index contributed by atoms with van der Waals surface area (Å²) >= 11 is 0. The number of hydrogen-bond donors (Lipinski definition) is 5. The van der Waals surface area contributed by atoms with Gasteiger partial charge in [-0.15, -0.1) is 0 Å². The van der Waals surface area contributed by atoms with Gasteiger partial charge in [0, 0.05) is 6.54 Å². The lowest BCUT2D eigenvalue weighted by Gasteiger charge is -2.15. The van der Waals surface area contributed by atoms with E-state index in [0.717, 1.165) is 23.8 Å². The fourth-order valence-corrected chi connectivity index (χ4v) is 3.43. The second-order valence-electron chi connectivity index (χ2n) is 6.72. The summed E-state index contributed by atoms with van der Waals surface area (Å²) in [5, 5.41) is 29.6. The zero-order chi connectivity index (χ0) is 19.7. The predicted octanol–water partition coefficient (Wildman–Crippen LogP) is -1.34. The number of aliphatic hydroxyl groups is 3. The van der Waals surface area contributed by atoms with Crippen LogP contribution in [0.2, 0.25) is 0 Å². The number of H-pyrrole nitrogens is 1. The Morgan fingerprint density at radius 2 is 1.96 bits per heavy atom. The molecule has 0 radical (unpaired) electrons. The summed E-state index contributed by atoms with van der Waals surface area (Å²) in [6, 6.07) is 0. The highest BCUT2D eigenvalue weighted by Gasteiger charge is 2.45. The number of nitrogens with two attached hydrogens (primary N) is 1. The minimum atomic E-state index is -1.47. The van der Waals surface area contributed by atoms with Crippen molar-refractivity contribution in [3.8, 4) is 0 Å². The van der Waals surface area contributed by atoms with E-state index in [2.05, 4.69) is 16.9 Å². The molecule has 6 N–H and O–H groups in total. The SMILES string of the molecule is CCCCCCn1c(=O)n(C2OC(CO)[C@@H](O)[C@H]2O)c2nc(N)[nH]c(=O)c21. The predicted molar refractivity (Wildman–Crippen MR) is 96.2 cm³/mol. The number of ether oxygens (including phenoxy) is 1. The lowest BCUT2D eigenvalue weighted by atomic mass is 10.1. The van der Waals surface area contributed by atoms with Gasteiger partial charge in [-0.2, -0.15) is 4.98 Å². The van der Waals surface area contributed by atoms with E-state index < -0.39 is 42.4 Å². The molecule has 0 amide bonds. The summed E-state index contributed by atoms with van der Waals surface area (Å²) < 4.78 is 7.75. The number of unbranched alkanes of at least 4 members (excludes halogenated alkanes) is 3. The molecule has 11 heteroatoms. The first-order valence-electron chi connectivity index (χ1n) is 9.03. The Hall–Kier alpha value is -2.21. The first kappa shape index (κ1) is 19.5. The molecule has 1 aliphatic heterocycles. The Morgan fingerprint density at radius 3 is 2.59 bits per heavy atom. The van der Waals surface area contributed by atoms with Crippen LogP contribution in [0.3, 0.4) is 0 Å². The number of hydrogen-bond acceptors (Lipinski definition) is 8. The van der Waals surface area contributed by atoms with Crippen molar-refractivity contribution in [3.63, 3.8) is 0 Å². The number of nitrogen functional groups attached to an aromatic ring is 1. The van der Waals surface area contributed by atoms with E-state index in [1.807, 2.05) is 0 Å². The molecule has 150 valence electrons. The number of nitrogens with zero attached hydrogens (tertiary/aromatic N) is 3. The van der Waals surface area contributed by atoms with Crippen molar-refractivity contribution in [2.75, 3.05) is 12.3 Å². The average molecular weight is 383 g/mol. The minimum Gasteiger partial charge on any atom is -0.394 e. The lowest BCUT2D eigenvalue weighted by Crippen LogP contribution is -2.36. The van der Waals surface area contributed by atoms with Gasteiger partial charge < -0.3 is 25.8 Å². The highest BCUT2D eigenvalue weighted by Crippen LogP contribution is 2.30. The van der Waals surface area contributed by atoms with Crippen LogP contribution in [0.25, 0.3) is 11.2 Å². The number of fused-ring (bicyclic) bond motifs is 1. The van der Waals surface area contributed by atoms with Crippen molar-refractivity contribution in [2.45, 2.75) is 63.7 Å². The fraction of sp³-hybridized carbons (Fsp3) is 0.688. The summed E-state index contributed by atoms with van der Waals surface area (Å²) in [5.41, 5.74) is 4.45. The summed E-state index contributed by atoms with van der Waals surface area (Å²) in [7, 11) is 0. The van der Waals surface area contributed by atoms with Crippen LogP contribution >= 0.6 is 0 Å². The monoisotopic (exact) mass is 383 g/mol. The molecule has 1 fully saturated rings. The van der Waals surface area contributed by atoms with E-state index in [1.54, 1.807) is 0 Å². The summed E-state index contributed by atoms with van der Waals surface area (Å²) in [6.07, 6.45) is -1.59. The van der Waals surface area contributed by atoms with Gasteiger partial charge in [-0.05, 0) is 6.42 Å². The molecule has 0 aliphatic carbocycles. The van der Waals surface area contributed by atoms with E-state index >= 15 is 0 Å². The molecule has 3 heterocycles. The number of rotatable bonds is 7. The second kappa shape index (κ2) is 7.80. The third-order valence-corrected chi connectivity index (χ3v) is 4.84. The van der Waals surface area contributed by atoms with Gasteiger partial charge in [0.25, 0.3) is 5.56 Å². The van der Waals surface area contributed by atoms with Gasteiger partial charge >= 0.3 is 5.69 Å². The molecule has 0 bridgehead atoms. The van der Waals surface area contributed by atoms with Gasteiger partial charge in [0.1, 0.15) is 18.3 Å². The highest BCUT2D eigenvalue weighted by molar-refractivity contribution is 5.71. The van der Waals surface area contributed by atoms with Crippen LogP contribution in [0, 0.1) is 0 Å². The molecule has 27 heavy (non-hydrogen) atoms. The summed E-state index contributed by atoms with van der Waals surface area (Å²) in [6.45, 7) is 1.83. The van der Waals surface area contributed by atoms with Crippen LogP contribution in [0.4, 0.5) is 5.95 Å². The van der Waals surface area contributed by atoms with Crippen LogP contribution in [-0.4, -0.2) is 59.3 Å². The Kier molecular flexibility index (Phi) is 5.65. The van der Waals surface area contributed by atoms with Gasteiger partial charge in [0.2, 0.25) is 5.95 Å². The molecule has 0 spiro atoms. The normalized spacial score (nSPS) is 25.5. The van der Waals surface area contributed by atoms with Gasteiger partial charge in [0.15, 0.2) is 17.4 Å². The van der Waals surface area contributed by atoms with Gasteiger partial charge in [0.05, 0.1) is 6.61 Å². The number of aromatic nitrogens is 4. The maximum atomic E-state index is 13.0. The van der Waals surface area contributed by atoms with Crippen molar-refractivity contribution >= 4 is 17.1 Å². The van der Waals surface area contributed by atoms with E-state index in [1.165, 1.54) is 4.57 Å². The van der Waals surface area contributed by atoms with E-state index in [0.29, 0.717) is 13.0 Å². The Morgan fingerprint density at radius 1 is 1.22 bits per heavy atom.